The molecule has 0 saturated heterocycles. The molecular weight excluding hydrogens is 258 g/mol. The van der Waals surface area contributed by atoms with Crippen molar-refractivity contribution in [2.45, 2.75) is 13.0 Å². The van der Waals surface area contributed by atoms with Gasteiger partial charge in [-0.05, 0) is 35.7 Å². The van der Waals surface area contributed by atoms with Gasteiger partial charge in [0, 0.05) is 36.0 Å². The Bertz CT molecular complexity index is 805. The zero-order chi connectivity index (χ0) is 14.2. The molecule has 0 bridgehead atoms. The highest BCUT2D eigenvalue weighted by Crippen LogP contribution is 2.31. The van der Waals surface area contributed by atoms with Gasteiger partial charge in [-0.2, -0.15) is 0 Å². The minimum absolute atomic E-state index is 0.911. The van der Waals surface area contributed by atoms with Crippen molar-refractivity contribution < 1.29 is 0 Å². The van der Waals surface area contributed by atoms with Gasteiger partial charge in [-0.3, -0.25) is 4.98 Å². The van der Waals surface area contributed by atoms with Crippen LogP contribution in [0.25, 0.3) is 10.9 Å². The Hall–Kier alpha value is -2.55. The van der Waals surface area contributed by atoms with Gasteiger partial charge in [-0.25, -0.2) is 0 Å². The predicted molar refractivity (Wildman–Crippen MR) is 87.4 cm³/mol. The molecule has 0 unspecified atom stereocenters. The van der Waals surface area contributed by atoms with Gasteiger partial charge in [0.2, 0.25) is 0 Å². The first-order chi connectivity index (χ1) is 10.3. The van der Waals surface area contributed by atoms with Gasteiger partial charge in [0.15, 0.2) is 0 Å². The second kappa shape index (κ2) is 4.77. The van der Waals surface area contributed by atoms with Crippen molar-refractivity contribution in [2.75, 3.05) is 17.2 Å². The number of anilines is 2. The SMILES string of the molecule is Nc1cccc2c1CCN(c1ccnc3ccccc13)C2. The Morgan fingerprint density at radius 1 is 1.00 bits per heavy atom. The third kappa shape index (κ3) is 2.02. The smallest absolute Gasteiger partial charge is 0.0722 e. The van der Waals surface area contributed by atoms with E-state index < -0.39 is 0 Å². The van der Waals surface area contributed by atoms with Crippen LogP contribution in [0, 0.1) is 0 Å². The van der Waals surface area contributed by atoms with Crippen molar-refractivity contribution in [1.82, 2.24) is 4.98 Å². The summed E-state index contributed by atoms with van der Waals surface area (Å²) in [7, 11) is 0. The fourth-order valence-corrected chi connectivity index (χ4v) is 3.20. The number of nitrogen functional groups attached to an aromatic ring is 1. The number of nitrogens with zero attached hydrogens (tertiary/aromatic N) is 2. The third-order valence-electron chi connectivity index (χ3n) is 4.27. The van der Waals surface area contributed by atoms with Crippen molar-refractivity contribution in [1.29, 1.82) is 0 Å². The molecule has 0 spiro atoms. The fourth-order valence-electron chi connectivity index (χ4n) is 3.20. The van der Waals surface area contributed by atoms with Gasteiger partial charge in [-0.15, -0.1) is 0 Å². The molecule has 21 heavy (non-hydrogen) atoms. The van der Waals surface area contributed by atoms with Crippen LogP contribution in [0.2, 0.25) is 0 Å². The van der Waals surface area contributed by atoms with Gasteiger partial charge >= 0.3 is 0 Å². The van der Waals surface area contributed by atoms with E-state index in [1.807, 2.05) is 24.4 Å². The number of para-hydroxylation sites is 1. The molecule has 0 aliphatic carbocycles. The first-order valence-electron chi connectivity index (χ1n) is 7.28. The molecule has 0 atom stereocenters. The van der Waals surface area contributed by atoms with Gasteiger partial charge in [-0.1, -0.05) is 30.3 Å². The van der Waals surface area contributed by atoms with Crippen molar-refractivity contribution in [3.05, 3.63) is 65.9 Å². The average molecular weight is 275 g/mol. The van der Waals surface area contributed by atoms with Gasteiger partial charge in [0.05, 0.1) is 5.52 Å². The Kier molecular flexibility index (Phi) is 2.78. The molecule has 1 aliphatic rings. The standard InChI is InChI=1S/C18H17N3/c19-16-6-3-4-13-12-21(11-9-14(13)16)18-8-10-20-17-7-2-1-5-15(17)18/h1-8,10H,9,11-12,19H2. The van der Waals surface area contributed by atoms with Crippen LogP contribution in [0.3, 0.4) is 0 Å². The summed E-state index contributed by atoms with van der Waals surface area (Å²) in [6, 6.07) is 16.6. The van der Waals surface area contributed by atoms with Crippen LogP contribution in [0.1, 0.15) is 11.1 Å². The van der Waals surface area contributed by atoms with E-state index in [0.717, 1.165) is 30.7 Å². The molecule has 0 fully saturated rings. The van der Waals surface area contributed by atoms with Crippen LogP contribution in [-0.2, 0) is 13.0 Å². The number of hydrogen-bond acceptors (Lipinski definition) is 3. The van der Waals surface area contributed by atoms with E-state index in [9.17, 15) is 0 Å². The van der Waals surface area contributed by atoms with Gasteiger partial charge in [0.1, 0.15) is 0 Å². The molecule has 3 aromatic rings. The lowest BCUT2D eigenvalue weighted by molar-refractivity contribution is 0.735. The monoisotopic (exact) mass is 275 g/mol. The molecule has 2 heterocycles. The minimum atomic E-state index is 0.911. The van der Waals surface area contributed by atoms with Gasteiger partial charge < -0.3 is 10.6 Å². The molecule has 1 aliphatic heterocycles. The maximum absolute atomic E-state index is 6.09. The van der Waals surface area contributed by atoms with E-state index in [0.29, 0.717) is 0 Å². The number of rotatable bonds is 1. The normalized spacial score (nSPS) is 14.2. The molecule has 3 nitrogen and oxygen atoms in total. The molecule has 0 amide bonds. The Morgan fingerprint density at radius 2 is 1.90 bits per heavy atom. The summed E-state index contributed by atoms with van der Waals surface area (Å²) in [4.78, 5) is 6.87. The van der Waals surface area contributed by atoms with Crippen molar-refractivity contribution in [3.8, 4) is 0 Å². The second-order valence-electron chi connectivity index (χ2n) is 5.50. The minimum Gasteiger partial charge on any atom is -0.398 e. The molecule has 1 aromatic heterocycles. The van der Waals surface area contributed by atoms with E-state index in [1.165, 1.54) is 22.2 Å². The number of pyridine rings is 1. The van der Waals surface area contributed by atoms with Crippen LogP contribution in [0.15, 0.2) is 54.7 Å². The molecular formula is C18H17N3. The third-order valence-corrected chi connectivity index (χ3v) is 4.27. The Balaban J connectivity index is 1.78. The quantitative estimate of drug-likeness (QED) is 0.692. The molecule has 4 rings (SSSR count). The first-order valence-corrected chi connectivity index (χ1v) is 7.28. The summed E-state index contributed by atoms with van der Waals surface area (Å²) in [6.45, 7) is 1.91. The highest BCUT2D eigenvalue weighted by Gasteiger charge is 2.19. The zero-order valence-electron chi connectivity index (χ0n) is 11.8. The Morgan fingerprint density at radius 3 is 2.86 bits per heavy atom. The topological polar surface area (TPSA) is 42.1 Å². The number of fused-ring (bicyclic) bond motifs is 2. The lowest BCUT2D eigenvalue weighted by atomic mass is 9.97. The van der Waals surface area contributed by atoms with E-state index in [4.69, 9.17) is 5.73 Å². The van der Waals surface area contributed by atoms with E-state index >= 15 is 0 Å². The first kappa shape index (κ1) is 12.2. The Labute approximate surface area is 124 Å². The summed E-state index contributed by atoms with van der Waals surface area (Å²) in [6.07, 6.45) is 2.89. The lowest BCUT2D eigenvalue weighted by Gasteiger charge is -2.32. The predicted octanol–water partition coefficient (Wildman–Crippen LogP) is 3.38. The van der Waals surface area contributed by atoms with Crippen LogP contribution >= 0.6 is 0 Å². The number of benzene rings is 2. The molecule has 2 aromatic carbocycles. The van der Waals surface area contributed by atoms with Crippen LogP contribution in [-0.4, -0.2) is 11.5 Å². The average Bonchev–Trinajstić information content (AvgIpc) is 2.54. The van der Waals surface area contributed by atoms with Crippen LogP contribution in [0.4, 0.5) is 11.4 Å². The number of aromatic nitrogens is 1. The highest BCUT2D eigenvalue weighted by molar-refractivity contribution is 5.91. The van der Waals surface area contributed by atoms with Gasteiger partial charge in [0.25, 0.3) is 0 Å². The van der Waals surface area contributed by atoms with Crippen molar-refractivity contribution >= 4 is 22.3 Å². The molecule has 3 heteroatoms. The highest BCUT2D eigenvalue weighted by atomic mass is 15.1. The number of nitrogens with two attached hydrogens (primary N) is 1. The van der Waals surface area contributed by atoms with Crippen LogP contribution < -0.4 is 10.6 Å². The summed E-state index contributed by atoms with van der Waals surface area (Å²) in [5, 5.41) is 1.22. The summed E-state index contributed by atoms with van der Waals surface area (Å²) in [5.74, 6) is 0. The van der Waals surface area contributed by atoms with Crippen molar-refractivity contribution in [3.63, 3.8) is 0 Å². The summed E-state index contributed by atoms with van der Waals surface area (Å²) >= 11 is 0. The maximum atomic E-state index is 6.09. The zero-order valence-corrected chi connectivity index (χ0v) is 11.8. The largest absolute Gasteiger partial charge is 0.398 e. The maximum Gasteiger partial charge on any atom is 0.0722 e. The second-order valence-corrected chi connectivity index (χ2v) is 5.50. The van der Waals surface area contributed by atoms with Crippen molar-refractivity contribution in [2.24, 2.45) is 0 Å². The fraction of sp³-hybridized carbons (Fsp3) is 0.167. The lowest BCUT2D eigenvalue weighted by Crippen LogP contribution is -2.31. The molecule has 2 N–H and O–H groups in total. The molecule has 0 radical (unpaired) electrons. The summed E-state index contributed by atoms with van der Waals surface area (Å²) in [5.41, 5.74) is 12.0. The van der Waals surface area contributed by atoms with E-state index in [2.05, 4.69) is 40.2 Å². The molecule has 0 saturated carbocycles. The van der Waals surface area contributed by atoms with E-state index in [-0.39, 0.29) is 0 Å². The summed E-state index contributed by atoms with van der Waals surface area (Å²) < 4.78 is 0. The van der Waals surface area contributed by atoms with Crippen LogP contribution in [0.5, 0.6) is 0 Å². The number of hydrogen-bond donors (Lipinski definition) is 1. The van der Waals surface area contributed by atoms with E-state index in [1.54, 1.807) is 0 Å². The molecule has 104 valence electrons.